The summed E-state index contributed by atoms with van der Waals surface area (Å²) in [6.07, 6.45) is 1.73. The van der Waals surface area contributed by atoms with Gasteiger partial charge in [0.05, 0.1) is 34.6 Å². The van der Waals surface area contributed by atoms with E-state index in [1.807, 2.05) is 12.1 Å². The van der Waals surface area contributed by atoms with E-state index in [1.165, 1.54) is 12.1 Å². The first-order valence-electron chi connectivity index (χ1n) is 10.6. The number of hydrogen-bond acceptors (Lipinski definition) is 7. The molecule has 0 spiro atoms. The van der Waals surface area contributed by atoms with Crippen LogP contribution >= 0.6 is 0 Å². The summed E-state index contributed by atoms with van der Waals surface area (Å²) in [5.41, 5.74) is 2.44. The van der Waals surface area contributed by atoms with Gasteiger partial charge in [0.15, 0.2) is 5.82 Å². The molecule has 0 bridgehead atoms. The standard InChI is InChI=1S/C23H19N7O4/c24-11-12-6-7-15(14(9-12)20-29-23(33)34-30-20)27-22(32)18-10-13-3-1-4-16(19(13)26-18)28-21(31)17-5-2-8-25-17/h1,3-4,6-7,9-10,17,25-26H,2,5,8H2,(H,27,32)(H,28,31)(H,29,30,33)/t17-/m1/s1. The predicted molar refractivity (Wildman–Crippen MR) is 123 cm³/mol. The van der Waals surface area contributed by atoms with Gasteiger partial charge in [0.1, 0.15) is 5.69 Å². The van der Waals surface area contributed by atoms with Gasteiger partial charge in [-0.05, 0) is 49.7 Å². The normalized spacial score (nSPS) is 15.2. The van der Waals surface area contributed by atoms with Crippen molar-refractivity contribution in [1.82, 2.24) is 20.4 Å². The molecule has 1 saturated heterocycles. The summed E-state index contributed by atoms with van der Waals surface area (Å²) in [6.45, 7) is 0.814. The number of nitrogens with zero attached hydrogens (tertiary/aromatic N) is 2. The van der Waals surface area contributed by atoms with Crippen molar-refractivity contribution in [1.29, 1.82) is 5.26 Å². The van der Waals surface area contributed by atoms with E-state index in [2.05, 4.69) is 35.6 Å². The van der Waals surface area contributed by atoms with Gasteiger partial charge in [0, 0.05) is 10.9 Å². The molecule has 2 aromatic heterocycles. The quantitative estimate of drug-likeness (QED) is 0.306. The summed E-state index contributed by atoms with van der Waals surface area (Å²) in [7, 11) is 0. The summed E-state index contributed by atoms with van der Waals surface area (Å²) in [6, 6.07) is 13.4. The highest BCUT2D eigenvalue weighted by molar-refractivity contribution is 6.10. The van der Waals surface area contributed by atoms with E-state index in [0.29, 0.717) is 28.0 Å². The van der Waals surface area contributed by atoms with Crippen molar-refractivity contribution in [3.8, 4) is 17.5 Å². The van der Waals surface area contributed by atoms with Crippen LogP contribution in [0.3, 0.4) is 0 Å². The largest absolute Gasteiger partial charge is 0.439 e. The number of aromatic nitrogens is 3. The Labute approximate surface area is 192 Å². The molecule has 0 saturated carbocycles. The average Bonchev–Trinajstić information content (AvgIpc) is 3.60. The van der Waals surface area contributed by atoms with Gasteiger partial charge in [-0.3, -0.25) is 19.1 Å². The number of carbonyl (C=O) groups excluding carboxylic acids is 2. The van der Waals surface area contributed by atoms with Crippen molar-refractivity contribution in [2.24, 2.45) is 0 Å². The number of amides is 2. The molecule has 1 atom stereocenters. The number of nitrogens with one attached hydrogen (secondary N) is 5. The van der Waals surface area contributed by atoms with Crippen LogP contribution in [-0.2, 0) is 4.79 Å². The van der Waals surface area contributed by atoms with E-state index in [0.717, 1.165) is 24.8 Å². The fourth-order valence-corrected chi connectivity index (χ4v) is 3.97. The Morgan fingerprint density at radius 3 is 2.74 bits per heavy atom. The number of fused-ring (bicyclic) bond motifs is 1. The van der Waals surface area contributed by atoms with Crippen molar-refractivity contribution in [3.63, 3.8) is 0 Å². The van der Waals surface area contributed by atoms with Gasteiger partial charge < -0.3 is 20.9 Å². The highest BCUT2D eigenvalue weighted by atomic mass is 16.5. The van der Waals surface area contributed by atoms with Gasteiger partial charge in [-0.1, -0.05) is 17.3 Å². The lowest BCUT2D eigenvalue weighted by atomic mass is 10.1. The second kappa shape index (κ2) is 8.68. The molecule has 2 amide bonds. The Balaban J connectivity index is 1.43. The summed E-state index contributed by atoms with van der Waals surface area (Å²) < 4.78 is 4.56. The number of para-hydroxylation sites is 1. The molecule has 0 aliphatic carbocycles. The number of carbonyl (C=O) groups is 2. The van der Waals surface area contributed by atoms with Crippen LogP contribution in [0, 0.1) is 11.3 Å². The molecule has 170 valence electrons. The molecular formula is C23H19N7O4. The third-order valence-electron chi connectivity index (χ3n) is 5.63. The minimum atomic E-state index is -0.757. The fourth-order valence-electron chi connectivity index (χ4n) is 3.97. The molecule has 0 radical (unpaired) electrons. The highest BCUT2D eigenvalue weighted by Crippen LogP contribution is 2.28. The molecule has 1 aliphatic heterocycles. The molecule has 3 heterocycles. The summed E-state index contributed by atoms with van der Waals surface area (Å²) in [5, 5.41) is 22.5. The molecule has 5 rings (SSSR count). The third-order valence-corrected chi connectivity index (χ3v) is 5.63. The zero-order valence-corrected chi connectivity index (χ0v) is 17.8. The second-order valence-corrected chi connectivity index (χ2v) is 7.86. The molecule has 1 aliphatic rings. The fraction of sp³-hybridized carbons (Fsp3) is 0.174. The topological polar surface area (TPSA) is 169 Å². The first-order chi connectivity index (χ1) is 16.5. The smallest absolute Gasteiger partial charge is 0.349 e. The van der Waals surface area contributed by atoms with E-state index < -0.39 is 11.7 Å². The van der Waals surface area contributed by atoms with Crippen LogP contribution in [0.25, 0.3) is 22.3 Å². The molecule has 34 heavy (non-hydrogen) atoms. The van der Waals surface area contributed by atoms with Crippen LogP contribution in [0.4, 0.5) is 11.4 Å². The van der Waals surface area contributed by atoms with Crippen molar-refractivity contribution < 1.29 is 14.1 Å². The summed E-state index contributed by atoms with van der Waals surface area (Å²) >= 11 is 0. The lowest BCUT2D eigenvalue weighted by molar-refractivity contribution is -0.117. The molecule has 1 fully saturated rings. The number of benzene rings is 2. The Hall–Kier alpha value is -4.69. The maximum absolute atomic E-state index is 13.0. The van der Waals surface area contributed by atoms with E-state index >= 15 is 0 Å². The number of rotatable bonds is 5. The molecule has 11 heteroatoms. The Morgan fingerprint density at radius 1 is 1.12 bits per heavy atom. The van der Waals surface area contributed by atoms with E-state index in [9.17, 15) is 19.6 Å². The molecule has 4 aromatic rings. The highest BCUT2D eigenvalue weighted by Gasteiger charge is 2.23. The van der Waals surface area contributed by atoms with Crippen LogP contribution in [-0.4, -0.2) is 39.5 Å². The van der Waals surface area contributed by atoms with Crippen molar-refractivity contribution >= 4 is 34.1 Å². The van der Waals surface area contributed by atoms with E-state index in [4.69, 9.17) is 0 Å². The predicted octanol–water partition coefficient (Wildman–Crippen LogP) is 2.33. The van der Waals surface area contributed by atoms with Gasteiger partial charge in [0.2, 0.25) is 5.91 Å². The van der Waals surface area contributed by atoms with Crippen LogP contribution in [0.15, 0.2) is 51.8 Å². The Morgan fingerprint density at radius 2 is 2.00 bits per heavy atom. The first-order valence-corrected chi connectivity index (χ1v) is 10.6. The van der Waals surface area contributed by atoms with Crippen LogP contribution in [0.2, 0.25) is 0 Å². The van der Waals surface area contributed by atoms with Crippen LogP contribution in [0.1, 0.15) is 28.9 Å². The van der Waals surface area contributed by atoms with Crippen molar-refractivity contribution in [2.75, 3.05) is 17.2 Å². The molecule has 0 unspecified atom stereocenters. The molecule has 5 N–H and O–H groups in total. The monoisotopic (exact) mass is 457 g/mol. The maximum atomic E-state index is 13.0. The van der Waals surface area contributed by atoms with Gasteiger partial charge in [0.25, 0.3) is 5.91 Å². The minimum Gasteiger partial charge on any atom is -0.349 e. The lowest BCUT2D eigenvalue weighted by Crippen LogP contribution is -2.35. The minimum absolute atomic E-state index is 0.0829. The van der Waals surface area contributed by atoms with Crippen LogP contribution in [0.5, 0.6) is 0 Å². The van der Waals surface area contributed by atoms with E-state index in [-0.39, 0.29) is 23.5 Å². The third kappa shape index (κ3) is 4.05. The van der Waals surface area contributed by atoms with Crippen molar-refractivity contribution in [2.45, 2.75) is 18.9 Å². The SMILES string of the molecule is N#Cc1ccc(NC(=O)c2cc3cccc(NC(=O)[C@H]4CCCN4)c3[nH]2)c(-c2noc(=O)[nH]2)c1. The summed E-state index contributed by atoms with van der Waals surface area (Å²) in [4.78, 5) is 42.5. The number of hydrogen-bond donors (Lipinski definition) is 5. The maximum Gasteiger partial charge on any atom is 0.439 e. The van der Waals surface area contributed by atoms with Gasteiger partial charge in [-0.2, -0.15) is 5.26 Å². The first kappa shape index (κ1) is 21.2. The number of aromatic amines is 2. The second-order valence-electron chi connectivity index (χ2n) is 7.86. The van der Waals surface area contributed by atoms with E-state index in [1.54, 1.807) is 24.3 Å². The van der Waals surface area contributed by atoms with Crippen LogP contribution < -0.4 is 21.7 Å². The average molecular weight is 457 g/mol. The van der Waals surface area contributed by atoms with Gasteiger partial charge in [-0.15, -0.1) is 0 Å². The zero-order chi connectivity index (χ0) is 23.7. The number of H-pyrrole nitrogens is 2. The number of nitriles is 1. The zero-order valence-electron chi connectivity index (χ0n) is 17.8. The molecular weight excluding hydrogens is 438 g/mol. The summed E-state index contributed by atoms with van der Waals surface area (Å²) in [5.74, 6) is -1.25. The molecule has 11 nitrogen and oxygen atoms in total. The molecule has 2 aromatic carbocycles. The van der Waals surface area contributed by atoms with Crippen molar-refractivity contribution in [3.05, 3.63) is 64.3 Å². The Bertz CT molecular complexity index is 1500. The van der Waals surface area contributed by atoms with Gasteiger partial charge in [-0.25, -0.2) is 4.79 Å². The van der Waals surface area contributed by atoms with Gasteiger partial charge >= 0.3 is 5.76 Å². The Kier molecular flexibility index (Phi) is 5.41. The number of anilines is 2. The lowest BCUT2D eigenvalue weighted by Gasteiger charge is -2.11.